The van der Waals surface area contributed by atoms with Crippen molar-refractivity contribution >= 4 is 29.2 Å². The van der Waals surface area contributed by atoms with Gasteiger partial charge in [-0.05, 0) is 31.4 Å². The summed E-state index contributed by atoms with van der Waals surface area (Å²) in [6.07, 6.45) is 4.74. The Labute approximate surface area is 148 Å². The van der Waals surface area contributed by atoms with Crippen molar-refractivity contribution in [3.63, 3.8) is 0 Å². The predicted octanol–water partition coefficient (Wildman–Crippen LogP) is 2.97. The molecule has 3 heterocycles. The number of piperidine rings is 1. The number of halogens is 1. The molecule has 8 heteroatoms. The molecule has 0 atom stereocenters. The van der Waals surface area contributed by atoms with E-state index in [-0.39, 0.29) is 26.9 Å². The normalized spacial score (nSPS) is 14.8. The van der Waals surface area contributed by atoms with Crippen LogP contribution in [0.1, 0.15) is 19.3 Å². The predicted molar refractivity (Wildman–Crippen MR) is 96.3 cm³/mol. The van der Waals surface area contributed by atoms with Crippen molar-refractivity contribution in [3.8, 4) is 5.69 Å². The van der Waals surface area contributed by atoms with E-state index in [1.54, 1.807) is 18.2 Å². The number of H-pyrrole nitrogens is 1. The van der Waals surface area contributed by atoms with Gasteiger partial charge >= 0.3 is 0 Å². The zero-order valence-corrected chi connectivity index (χ0v) is 14.2. The van der Waals surface area contributed by atoms with E-state index in [1.165, 1.54) is 23.4 Å². The highest BCUT2D eigenvalue weighted by molar-refractivity contribution is 7.71. The van der Waals surface area contributed by atoms with Gasteiger partial charge in [-0.1, -0.05) is 24.4 Å². The van der Waals surface area contributed by atoms with Gasteiger partial charge in [-0.2, -0.15) is 4.98 Å². The topological polar surface area (TPSA) is 66.8 Å². The van der Waals surface area contributed by atoms with E-state index in [9.17, 15) is 9.18 Å². The fourth-order valence-corrected chi connectivity index (χ4v) is 3.42. The van der Waals surface area contributed by atoms with Gasteiger partial charge in [0.05, 0.1) is 5.69 Å². The molecule has 2 aromatic heterocycles. The number of hydrogen-bond acceptors (Lipinski definition) is 5. The van der Waals surface area contributed by atoms with Crippen LogP contribution in [0.25, 0.3) is 16.7 Å². The second-order valence-electron chi connectivity index (χ2n) is 6.01. The van der Waals surface area contributed by atoms with E-state index in [0.717, 1.165) is 25.9 Å². The van der Waals surface area contributed by atoms with Gasteiger partial charge in [0.15, 0.2) is 5.65 Å². The monoisotopic (exact) mass is 357 g/mol. The van der Waals surface area contributed by atoms with E-state index in [2.05, 4.69) is 15.0 Å². The minimum Gasteiger partial charge on any atom is -0.342 e. The third-order valence-corrected chi connectivity index (χ3v) is 4.78. The van der Waals surface area contributed by atoms with Crippen molar-refractivity contribution in [3.05, 3.63) is 51.4 Å². The van der Waals surface area contributed by atoms with E-state index in [4.69, 9.17) is 12.2 Å². The molecule has 4 rings (SSSR count). The molecule has 0 radical (unpaired) electrons. The van der Waals surface area contributed by atoms with Gasteiger partial charge in [-0.3, -0.25) is 14.3 Å². The van der Waals surface area contributed by atoms with Crippen LogP contribution in [0.5, 0.6) is 0 Å². The first-order chi connectivity index (χ1) is 12.1. The molecule has 0 aliphatic carbocycles. The number of anilines is 1. The lowest BCUT2D eigenvalue weighted by atomic mass is 10.1. The van der Waals surface area contributed by atoms with Crippen LogP contribution >= 0.6 is 12.2 Å². The summed E-state index contributed by atoms with van der Waals surface area (Å²) in [5.74, 6) is 0.0804. The number of aromatic nitrogens is 4. The molecular formula is C17H16FN5OS. The van der Waals surface area contributed by atoms with E-state index in [0.29, 0.717) is 5.95 Å². The molecule has 1 aromatic carbocycles. The van der Waals surface area contributed by atoms with Crippen LogP contribution in [-0.2, 0) is 0 Å². The summed E-state index contributed by atoms with van der Waals surface area (Å²) >= 11 is 5.41. The van der Waals surface area contributed by atoms with Crippen molar-refractivity contribution in [2.75, 3.05) is 18.0 Å². The zero-order chi connectivity index (χ0) is 17.4. The summed E-state index contributed by atoms with van der Waals surface area (Å²) in [6, 6.07) is 6.22. The lowest BCUT2D eigenvalue weighted by molar-refractivity contribution is 0.568. The van der Waals surface area contributed by atoms with Gasteiger partial charge in [0.2, 0.25) is 5.95 Å². The number of benzene rings is 1. The van der Waals surface area contributed by atoms with Crippen LogP contribution in [0, 0.1) is 10.5 Å². The van der Waals surface area contributed by atoms with Crippen LogP contribution in [-0.4, -0.2) is 32.6 Å². The Balaban J connectivity index is 1.88. The quantitative estimate of drug-likeness (QED) is 0.714. The van der Waals surface area contributed by atoms with Gasteiger partial charge in [0.1, 0.15) is 22.2 Å². The summed E-state index contributed by atoms with van der Waals surface area (Å²) in [5.41, 5.74) is 0.178. The summed E-state index contributed by atoms with van der Waals surface area (Å²) in [5, 5.41) is 0.196. The van der Waals surface area contributed by atoms with Gasteiger partial charge in [0, 0.05) is 13.1 Å². The first-order valence-electron chi connectivity index (χ1n) is 8.17. The van der Waals surface area contributed by atoms with E-state index in [1.807, 2.05) is 4.90 Å². The summed E-state index contributed by atoms with van der Waals surface area (Å²) in [6.45, 7) is 1.72. The van der Waals surface area contributed by atoms with Crippen LogP contribution in [0.4, 0.5) is 10.3 Å². The highest BCUT2D eigenvalue weighted by Crippen LogP contribution is 2.19. The maximum Gasteiger partial charge on any atom is 0.264 e. The van der Waals surface area contributed by atoms with Crippen LogP contribution in [0.3, 0.4) is 0 Å². The fraction of sp³-hybridized carbons (Fsp3) is 0.294. The average Bonchev–Trinajstić information content (AvgIpc) is 2.63. The molecule has 1 saturated heterocycles. The van der Waals surface area contributed by atoms with Crippen molar-refractivity contribution in [2.24, 2.45) is 0 Å². The third-order valence-electron chi connectivity index (χ3n) is 4.38. The summed E-state index contributed by atoms with van der Waals surface area (Å²) in [4.78, 5) is 26.2. The molecule has 1 fully saturated rings. The Hall–Kier alpha value is -2.61. The first-order valence-corrected chi connectivity index (χ1v) is 8.57. The molecule has 0 saturated carbocycles. The van der Waals surface area contributed by atoms with Crippen molar-refractivity contribution in [1.29, 1.82) is 0 Å². The molecule has 0 unspecified atom stereocenters. The van der Waals surface area contributed by atoms with Gasteiger partial charge in [0.25, 0.3) is 5.56 Å². The Morgan fingerprint density at radius 3 is 2.68 bits per heavy atom. The highest BCUT2D eigenvalue weighted by Gasteiger charge is 2.17. The van der Waals surface area contributed by atoms with Crippen molar-refractivity contribution in [2.45, 2.75) is 19.3 Å². The number of para-hydroxylation sites is 1. The smallest absolute Gasteiger partial charge is 0.264 e. The van der Waals surface area contributed by atoms with Crippen LogP contribution < -0.4 is 10.5 Å². The van der Waals surface area contributed by atoms with Crippen LogP contribution in [0.2, 0.25) is 0 Å². The SMILES string of the molecule is O=c1[nH]c(N2CCCCC2)nc2ncn(-c3ccccc3F)c(=S)c12. The lowest BCUT2D eigenvalue weighted by Crippen LogP contribution is -2.32. The third kappa shape index (κ3) is 2.82. The Morgan fingerprint density at radius 1 is 1.16 bits per heavy atom. The first kappa shape index (κ1) is 15.9. The molecule has 1 aliphatic heterocycles. The molecule has 0 amide bonds. The number of nitrogens with zero attached hydrogens (tertiary/aromatic N) is 4. The summed E-state index contributed by atoms with van der Waals surface area (Å²) in [7, 11) is 0. The Morgan fingerprint density at radius 2 is 1.92 bits per heavy atom. The maximum absolute atomic E-state index is 14.1. The van der Waals surface area contributed by atoms with Gasteiger partial charge < -0.3 is 4.90 Å². The average molecular weight is 357 g/mol. The number of hydrogen-bond donors (Lipinski definition) is 1. The van der Waals surface area contributed by atoms with Crippen molar-refractivity contribution in [1.82, 2.24) is 19.5 Å². The minimum atomic E-state index is -0.436. The molecule has 6 nitrogen and oxygen atoms in total. The zero-order valence-electron chi connectivity index (χ0n) is 13.4. The number of rotatable bonds is 2. The molecule has 1 N–H and O–H groups in total. The molecule has 0 bridgehead atoms. The number of fused-ring (bicyclic) bond motifs is 1. The Bertz CT molecular complexity index is 1050. The fourth-order valence-electron chi connectivity index (χ4n) is 3.10. The maximum atomic E-state index is 14.1. The lowest BCUT2D eigenvalue weighted by Gasteiger charge is -2.26. The van der Waals surface area contributed by atoms with E-state index < -0.39 is 5.82 Å². The van der Waals surface area contributed by atoms with Crippen LogP contribution in [0.15, 0.2) is 35.4 Å². The largest absolute Gasteiger partial charge is 0.342 e. The minimum absolute atomic E-state index is 0.189. The molecule has 128 valence electrons. The summed E-state index contributed by atoms with van der Waals surface area (Å²) < 4.78 is 15.6. The number of nitrogens with one attached hydrogen (secondary N) is 1. The van der Waals surface area contributed by atoms with Gasteiger partial charge in [-0.25, -0.2) is 9.37 Å². The molecule has 1 aliphatic rings. The second-order valence-corrected chi connectivity index (χ2v) is 6.39. The highest BCUT2D eigenvalue weighted by atomic mass is 32.1. The van der Waals surface area contributed by atoms with Crippen molar-refractivity contribution < 1.29 is 4.39 Å². The number of aromatic amines is 1. The molecule has 0 spiro atoms. The standard InChI is InChI=1S/C17H16FN5OS/c18-11-6-2-3-7-12(11)23-10-19-14-13(16(23)25)15(24)21-17(20-14)22-8-4-1-5-9-22/h2-3,6-7,10H,1,4-5,8-9H2,(H,20,21,24). The molecule has 25 heavy (non-hydrogen) atoms. The van der Waals surface area contributed by atoms with Gasteiger partial charge in [-0.15, -0.1) is 0 Å². The second kappa shape index (κ2) is 6.36. The van der Waals surface area contributed by atoms with E-state index >= 15 is 0 Å². The molecular weight excluding hydrogens is 341 g/mol. The molecule has 3 aromatic rings. The Kier molecular flexibility index (Phi) is 4.04.